The van der Waals surface area contributed by atoms with E-state index in [4.69, 9.17) is 9.47 Å². The number of fused-ring (bicyclic) bond motifs is 1. The van der Waals surface area contributed by atoms with Crippen molar-refractivity contribution in [3.8, 4) is 11.5 Å². The highest BCUT2D eigenvalue weighted by atomic mass is 32.2. The van der Waals surface area contributed by atoms with Gasteiger partial charge in [0.05, 0.1) is 23.7 Å². The number of benzene rings is 3. The molecule has 1 atom stereocenters. The molecule has 1 aliphatic heterocycles. The van der Waals surface area contributed by atoms with E-state index in [1.54, 1.807) is 48.5 Å². The number of hydrogen-bond acceptors (Lipinski definition) is 5. The van der Waals surface area contributed by atoms with Gasteiger partial charge in [-0.15, -0.1) is 0 Å². The lowest BCUT2D eigenvalue weighted by molar-refractivity contribution is -0.127. The zero-order valence-electron chi connectivity index (χ0n) is 19.9. The summed E-state index contributed by atoms with van der Waals surface area (Å²) in [6.07, 6.45) is 0.504. The van der Waals surface area contributed by atoms with E-state index in [2.05, 4.69) is 5.32 Å². The van der Waals surface area contributed by atoms with Gasteiger partial charge in [0.15, 0.2) is 6.10 Å². The fourth-order valence-corrected chi connectivity index (χ4v) is 5.49. The Morgan fingerprint density at radius 1 is 1.06 bits per heavy atom. The second kappa shape index (κ2) is 10.8. The van der Waals surface area contributed by atoms with E-state index in [1.807, 2.05) is 38.1 Å². The zero-order chi connectivity index (χ0) is 24.8. The number of sulfonamides is 1. The average Bonchev–Trinajstić information content (AvgIpc) is 2.87. The van der Waals surface area contributed by atoms with Crippen LogP contribution in [0.4, 0.5) is 5.69 Å². The molecule has 1 aliphatic rings. The van der Waals surface area contributed by atoms with Crippen molar-refractivity contribution < 1.29 is 22.7 Å². The zero-order valence-corrected chi connectivity index (χ0v) is 20.8. The Morgan fingerprint density at radius 3 is 2.54 bits per heavy atom. The SMILES string of the molecule is CCOc1ccccc1CCCNC(=O)C1CN(S(=O)(=O)c2ccc(C)cc2)c2ccccc2O1. The van der Waals surface area contributed by atoms with Crippen molar-refractivity contribution in [1.82, 2.24) is 5.32 Å². The average molecular weight is 495 g/mol. The monoisotopic (exact) mass is 494 g/mol. The Labute approximate surface area is 206 Å². The number of carbonyl (C=O) groups is 1. The molecule has 184 valence electrons. The van der Waals surface area contributed by atoms with E-state index in [1.165, 1.54) is 4.31 Å². The minimum Gasteiger partial charge on any atom is -0.494 e. The van der Waals surface area contributed by atoms with E-state index < -0.39 is 16.1 Å². The molecule has 0 radical (unpaired) electrons. The van der Waals surface area contributed by atoms with E-state index in [0.717, 1.165) is 23.3 Å². The third-order valence-corrected chi connectivity index (χ3v) is 7.62. The van der Waals surface area contributed by atoms with Crippen LogP contribution in [0.5, 0.6) is 11.5 Å². The molecule has 0 fully saturated rings. The van der Waals surface area contributed by atoms with Gasteiger partial charge >= 0.3 is 0 Å². The number of rotatable bonds is 9. The van der Waals surface area contributed by atoms with Crippen molar-refractivity contribution in [3.63, 3.8) is 0 Å². The molecule has 0 bridgehead atoms. The molecule has 1 unspecified atom stereocenters. The summed E-state index contributed by atoms with van der Waals surface area (Å²) in [4.78, 5) is 13.1. The topological polar surface area (TPSA) is 84.9 Å². The van der Waals surface area contributed by atoms with Crippen molar-refractivity contribution in [2.45, 2.75) is 37.7 Å². The van der Waals surface area contributed by atoms with E-state index in [0.29, 0.717) is 31.0 Å². The molecule has 4 rings (SSSR count). The van der Waals surface area contributed by atoms with Crippen molar-refractivity contribution in [2.24, 2.45) is 0 Å². The van der Waals surface area contributed by atoms with Gasteiger partial charge in [-0.1, -0.05) is 48.0 Å². The molecule has 0 aliphatic carbocycles. The van der Waals surface area contributed by atoms with Crippen LogP contribution >= 0.6 is 0 Å². The highest BCUT2D eigenvalue weighted by Crippen LogP contribution is 2.36. The first-order valence-corrected chi connectivity index (χ1v) is 13.2. The highest BCUT2D eigenvalue weighted by molar-refractivity contribution is 7.92. The largest absolute Gasteiger partial charge is 0.494 e. The summed E-state index contributed by atoms with van der Waals surface area (Å²) in [5.74, 6) is 0.868. The summed E-state index contributed by atoms with van der Waals surface area (Å²) >= 11 is 0. The highest BCUT2D eigenvalue weighted by Gasteiger charge is 2.37. The minimum absolute atomic E-state index is 0.105. The molecule has 0 saturated carbocycles. The molecule has 1 amide bonds. The first kappa shape index (κ1) is 24.6. The molecule has 3 aromatic rings. The lowest BCUT2D eigenvalue weighted by atomic mass is 10.1. The van der Waals surface area contributed by atoms with Crippen molar-refractivity contribution in [3.05, 3.63) is 83.9 Å². The maximum Gasteiger partial charge on any atom is 0.264 e. The first-order valence-electron chi connectivity index (χ1n) is 11.7. The number of amides is 1. The first-order chi connectivity index (χ1) is 16.9. The molecule has 0 spiro atoms. The van der Waals surface area contributed by atoms with Gasteiger partial charge in [-0.2, -0.15) is 0 Å². The third kappa shape index (κ3) is 5.59. The summed E-state index contributed by atoms with van der Waals surface area (Å²) in [7, 11) is -3.87. The van der Waals surface area contributed by atoms with Crippen LogP contribution in [0.15, 0.2) is 77.7 Å². The van der Waals surface area contributed by atoms with Crippen LogP contribution in [-0.2, 0) is 21.2 Å². The normalized spacial score (nSPS) is 15.1. The maximum absolute atomic E-state index is 13.5. The smallest absolute Gasteiger partial charge is 0.264 e. The van der Waals surface area contributed by atoms with Crippen LogP contribution in [0.2, 0.25) is 0 Å². The summed E-state index contributed by atoms with van der Waals surface area (Å²) in [5, 5.41) is 2.90. The summed E-state index contributed by atoms with van der Waals surface area (Å²) in [6, 6.07) is 21.4. The Kier molecular flexibility index (Phi) is 7.60. The number of para-hydroxylation sites is 3. The standard InChI is InChI=1S/C27H30N2O5S/c1-3-33-24-12-6-4-9-21(24)10-8-18-28-27(30)26-19-29(23-11-5-7-13-25(23)34-26)35(31,32)22-16-14-20(2)15-17-22/h4-7,9,11-17,26H,3,8,10,18-19H2,1-2H3,(H,28,30). The molecule has 8 heteroatoms. The molecule has 35 heavy (non-hydrogen) atoms. The number of hydrogen-bond donors (Lipinski definition) is 1. The Hall–Kier alpha value is -3.52. The molecule has 7 nitrogen and oxygen atoms in total. The number of anilines is 1. The second-order valence-corrected chi connectivity index (χ2v) is 10.2. The summed E-state index contributed by atoms with van der Waals surface area (Å²) in [5.41, 5.74) is 2.47. The second-order valence-electron chi connectivity index (χ2n) is 8.36. The summed E-state index contributed by atoms with van der Waals surface area (Å²) < 4.78 is 39.7. The number of ether oxygens (including phenoxy) is 2. The van der Waals surface area contributed by atoms with Gasteiger partial charge in [0.25, 0.3) is 15.9 Å². The number of nitrogens with zero attached hydrogens (tertiary/aromatic N) is 1. The number of carbonyl (C=O) groups excluding carboxylic acids is 1. The van der Waals surface area contributed by atoms with E-state index in [-0.39, 0.29) is 17.3 Å². The van der Waals surface area contributed by atoms with Crippen LogP contribution in [0, 0.1) is 6.92 Å². The molecule has 1 N–H and O–H groups in total. The Bertz CT molecular complexity index is 1270. The van der Waals surface area contributed by atoms with Crippen molar-refractivity contribution in [1.29, 1.82) is 0 Å². The fourth-order valence-electron chi connectivity index (χ4n) is 4.01. The predicted molar refractivity (Wildman–Crippen MR) is 136 cm³/mol. The van der Waals surface area contributed by atoms with E-state index >= 15 is 0 Å². The van der Waals surface area contributed by atoms with Crippen LogP contribution in [0.1, 0.15) is 24.5 Å². The van der Waals surface area contributed by atoms with Crippen LogP contribution in [-0.4, -0.2) is 40.1 Å². The van der Waals surface area contributed by atoms with Gasteiger partial charge in [-0.25, -0.2) is 8.42 Å². The van der Waals surface area contributed by atoms with Gasteiger partial charge in [0.1, 0.15) is 11.5 Å². The van der Waals surface area contributed by atoms with Gasteiger partial charge in [0.2, 0.25) is 0 Å². The van der Waals surface area contributed by atoms with Gasteiger partial charge in [0, 0.05) is 6.54 Å². The minimum atomic E-state index is -3.87. The molecule has 3 aromatic carbocycles. The Balaban J connectivity index is 1.44. The van der Waals surface area contributed by atoms with Gasteiger partial charge in [-0.3, -0.25) is 9.10 Å². The Morgan fingerprint density at radius 2 is 1.77 bits per heavy atom. The van der Waals surface area contributed by atoms with Gasteiger partial charge in [-0.05, 0) is 62.6 Å². The number of aryl methyl sites for hydroxylation is 2. The summed E-state index contributed by atoms with van der Waals surface area (Å²) in [6.45, 7) is 4.77. The van der Waals surface area contributed by atoms with Crippen LogP contribution in [0.3, 0.4) is 0 Å². The van der Waals surface area contributed by atoms with Crippen molar-refractivity contribution >= 4 is 21.6 Å². The third-order valence-electron chi connectivity index (χ3n) is 5.83. The van der Waals surface area contributed by atoms with Crippen LogP contribution in [0.25, 0.3) is 0 Å². The maximum atomic E-state index is 13.5. The van der Waals surface area contributed by atoms with Crippen LogP contribution < -0.4 is 19.1 Å². The predicted octanol–water partition coefficient (Wildman–Crippen LogP) is 4.10. The lowest BCUT2D eigenvalue weighted by Gasteiger charge is -2.34. The van der Waals surface area contributed by atoms with Gasteiger partial charge < -0.3 is 14.8 Å². The lowest BCUT2D eigenvalue weighted by Crippen LogP contribution is -2.50. The van der Waals surface area contributed by atoms with E-state index in [9.17, 15) is 13.2 Å². The quantitative estimate of drug-likeness (QED) is 0.453. The fraction of sp³-hybridized carbons (Fsp3) is 0.296. The van der Waals surface area contributed by atoms with Crippen molar-refractivity contribution in [2.75, 3.05) is 24.0 Å². The number of nitrogens with one attached hydrogen (secondary N) is 1. The molecule has 0 aromatic heterocycles. The molecular weight excluding hydrogens is 464 g/mol. The molecule has 0 saturated heterocycles. The molecule has 1 heterocycles. The molecular formula is C27H30N2O5S.